The number of anilines is 2. The minimum absolute atomic E-state index is 0.0652. The number of aromatic carboxylic acids is 1. The van der Waals surface area contributed by atoms with Gasteiger partial charge in [0.2, 0.25) is 5.43 Å². The van der Waals surface area contributed by atoms with Crippen LogP contribution in [-0.4, -0.2) is 26.8 Å². The fourth-order valence-corrected chi connectivity index (χ4v) is 3.13. The maximum atomic E-state index is 14.7. The maximum Gasteiger partial charge on any atom is 0.341 e. The molecule has 0 radical (unpaired) electrons. The Kier molecular flexibility index (Phi) is 5.34. The summed E-state index contributed by atoms with van der Waals surface area (Å²) in [6.07, 6.45) is 5.56. The number of nitrogen functional groups attached to an aromatic ring is 1. The van der Waals surface area contributed by atoms with E-state index in [1.165, 1.54) is 24.4 Å². The van der Waals surface area contributed by atoms with E-state index >= 15 is 0 Å². The van der Waals surface area contributed by atoms with Crippen molar-refractivity contribution in [2.24, 2.45) is 5.10 Å². The normalized spacial score (nSPS) is 11.2. The van der Waals surface area contributed by atoms with Crippen LogP contribution in [0.25, 0.3) is 16.6 Å². The van der Waals surface area contributed by atoms with Crippen LogP contribution < -0.4 is 16.6 Å². The zero-order valence-electron chi connectivity index (χ0n) is 16.3. The molecule has 0 spiro atoms. The number of carboxylic acids is 1. The number of aromatic nitrogens is 2. The zero-order valence-corrected chi connectivity index (χ0v) is 16.3. The lowest BCUT2D eigenvalue weighted by Gasteiger charge is -2.15. The van der Waals surface area contributed by atoms with Crippen LogP contribution in [0.15, 0.2) is 71.0 Å². The molecule has 32 heavy (non-hydrogen) atoms. The van der Waals surface area contributed by atoms with Gasteiger partial charge in [0.25, 0.3) is 0 Å². The number of carbonyl (C=O) groups is 1. The van der Waals surface area contributed by atoms with E-state index in [1.54, 1.807) is 24.5 Å². The lowest BCUT2D eigenvalue weighted by molar-refractivity contribution is 0.0695. The van der Waals surface area contributed by atoms with Gasteiger partial charge in [0.15, 0.2) is 0 Å². The van der Waals surface area contributed by atoms with Gasteiger partial charge in [0.1, 0.15) is 17.2 Å². The first kappa shape index (κ1) is 20.7. The van der Waals surface area contributed by atoms with E-state index in [2.05, 4.69) is 15.5 Å². The molecule has 2 aromatic heterocycles. The number of nitrogens with one attached hydrogen (secondary N) is 1. The summed E-state index contributed by atoms with van der Waals surface area (Å²) < 4.78 is 30.5. The predicted octanol–water partition coefficient (Wildman–Crippen LogP) is 3.39. The summed E-state index contributed by atoms with van der Waals surface area (Å²) in [5, 5.41) is 13.1. The fraction of sp³-hybridized carbons (Fsp3) is 0. The Bertz CT molecular complexity index is 1440. The molecule has 160 valence electrons. The third kappa shape index (κ3) is 3.88. The van der Waals surface area contributed by atoms with E-state index in [1.807, 2.05) is 0 Å². The van der Waals surface area contributed by atoms with Crippen molar-refractivity contribution in [3.8, 4) is 5.69 Å². The molecule has 0 fully saturated rings. The van der Waals surface area contributed by atoms with Crippen LogP contribution in [0.3, 0.4) is 0 Å². The van der Waals surface area contributed by atoms with Gasteiger partial charge >= 0.3 is 5.97 Å². The Morgan fingerprint density at radius 3 is 2.56 bits per heavy atom. The number of fused-ring (bicyclic) bond motifs is 1. The summed E-state index contributed by atoms with van der Waals surface area (Å²) in [4.78, 5) is 28.1. The number of nitrogens with zero attached hydrogens (tertiary/aromatic N) is 3. The SMILES string of the molecule is Nc1ccc(-n2cc(C(=O)O)c(=O)c3cc(F)c(N/N=C/c4ccncc4)cc32)c(F)c1. The number of nitrogens with two attached hydrogens (primary N) is 1. The Labute approximate surface area is 179 Å². The number of pyridine rings is 2. The van der Waals surface area contributed by atoms with Crippen molar-refractivity contribution in [1.82, 2.24) is 9.55 Å². The summed E-state index contributed by atoms with van der Waals surface area (Å²) in [6, 6.07) is 9.33. The second kappa shape index (κ2) is 8.26. The Morgan fingerprint density at radius 2 is 1.88 bits per heavy atom. The minimum atomic E-state index is -1.52. The summed E-state index contributed by atoms with van der Waals surface area (Å²) in [5.74, 6) is -3.11. The molecular formula is C22H15F2N5O3. The first-order valence-electron chi connectivity index (χ1n) is 9.22. The summed E-state index contributed by atoms with van der Waals surface area (Å²) in [6.45, 7) is 0. The van der Waals surface area contributed by atoms with Crippen LogP contribution in [0.5, 0.6) is 0 Å². The van der Waals surface area contributed by atoms with E-state index < -0.39 is 28.6 Å². The van der Waals surface area contributed by atoms with Gasteiger partial charge in [0.05, 0.1) is 23.1 Å². The predicted molar refractivity (Wildman–Crippen MR) is 116 cm³/mol. The van der Waals surface area contributed by atoms with E-state index in [0.717, 1.165) is 22.9 Å². The topological polar surface area (TPSA) is 123 Å². The van der Waals surface area contributed by atoms with Crippen LogP contribution in [0.2, 0.25) is 0 Å². The molecule has 4 N–H and O–H groups in total. The van der Waals surface area contributed by atoms with E-state index in [0.29, 0.717) is 5.56 Å². The molecule has 0 amide bonds. The largest absolute Gasteiger partial charge is 0.477 e. The lowest BCUT2D eigenvalue weighted by atomic mass is 10.1. The van der Waals surface area contributed by atoms with Gasteiger partial charge in [-0.05, 0) is 48.0 Å². The molecule has 0 atom stereocenters. The van der Waals surface area contributed by atoms with Crippen LogP contribution >= 0.6 is 0 Å². The second-order valence-corrected chi connectivity index (χ2v) is 6.76. The van der Waals surface area contributed by atoms with Crippen LogP contribution in [0.1, 0.15) is 15.9 Å². The Balaban J connectivity index is 1.90. The standard InChI is InChI=1S/C22H15F2N5O3/c23-16-8-14-20(9-18(16)28-27-10-12-3-5-26-6-4-12)29(11-15(21(14)30)22(31)32)19-2-1-13(25)7-17(19)24/h1-11,28H,25H2,(H,31,32)/b27-10+. The second-order valence-electron chi connectivity index (χ2n) is 6.76. The average molecular weight is 435 g/mol. The Hall–Kier alpha value is -4.60. The maximum absolute atomic E-state index is 14.7. The number of benzene rings is 2. The van der Waals surface area contributed by atoms with Gasteiger partial charge in [-0.3, -0.25) is 15.2 Å². The van der Waals surface area contributed by atoms with Gasteiger partial charge < -0.3 is 15.4 Å². The van der Waals surface area contributed by atoms with Gasteiger partial charge in [-0.15, -0.1) is 0 Å². The molecule has 0 saturated heterocycles. The van der Waals surface area contributed by atoms with Crippen molar-refractivity contribution in [2.45, 2.75) is 0 Å². The van der Waals surface area contributed by atoms with E-state index in [9.17, 15) is 23.5 Å². The molecule has 0 saturated carbocycles. The molecule has 2 heterocycles. The number of hydrogen-bond acceptors (Lipinski definition) is 6. The number of hydrazone groups is 1. The van der Waals surface area contributed by atoms with Crippen molar-refractivity contribution in [3.05, 3.63) is 94.0 Å². The average Bonchev–Trinajstić information content (AvgIpc) is 2.76. The highest BCUT2D eigenvalue weighted by Gasteiger charge is 2.19. The number of halogens is 2. The smallest absolute Gasteiger partial charge is 0.341 e. The summed E-state index contributed by atoms with van der Waals surface area (Å²) >= 11 is 0. The van der Waals surface area contributed by atoms with Crippen molar-refractivity contribution in [3.63, 3.8) is 0 Å². The minimum Gasteiger partial charge on any atom is -0.477 e. The highest BCUT2D eigenvalue weighted by Crippen LogP contribution is 2.26. The summed E-state index contributed by atoms with van der Waals surface area (Å²) in [7, 11) is 0. The third-order valence-electron chi connectivity index (χ3n) is 4.66. The lowest BCUT2D eigenvalue weighted by Crippen LogP contribution is -2.19. The van der Waals surface area contributed by atoms with Crippen LogP contribution in [0, 0.1) is 11.6 Å². The molecule has 0 bridgehead atoms. The highest BCUT2D eigenvalue weighted by molar-refractivity contribution is 5.94. The number of carboxylic acid groups (broad SMARTS) is 1. The van der Waals surface area contributed by atoms with Crippen molar-refractivity contribution < 1.29 is 18.7 Å². The molecule has 0 aliphatic heterocycles. The molecular weight excluding hydrogens is 420 g/mol. The first-order chi connectivity index (χ1) is 15.3. The molecule has 8 nitrogen and oxygen atoms in total. The molecule has 4 rings (SSSR count). The van der Waals surface area contributed by atoms with Gasteiger partial charge in [-0.25, -0.2) is 13.6 Å². The van der Waals surface area contributed by atoms with Gasteiger partial charge in [0, 0.05) is 29.7 Å². The Morgan fingerprint density at radius 1 is 1.12 bits per heavy atom. The van der Waals surface area contributed by atoms with E-state index in [-0.39, 0.29) is 28.0 Å². The molecule has 4 aromatic rings. The highest BCUT2D eigenvalue weighted by atomic mass is 19.1. The van der Waals surface area contributed by atoms with Gasteiger partial charge in [-0.1, -0.05) is 0 Å². The quantitative estimate of drug-likeness (QED) is 0.251. The number of rotatable bonds is 5. The third-order valence-corrected chi connectivity index (χ3v) is 4.66. The summed E-state index contributed by atoms with van der Waals surface area (Å²) in [5.41, 5.74) is 7.38. The van der Waals surface area contributed by atoms with Crippen molar-refractivity contribution >= 4 is 34.5 Å². The molecule has 2 aromatic carbocycles. The van der Waals surface area contributed by atoms with Crippen LogP contribution in [-0.2, 0) is 0 Å². The molecule has 0 aliphatic rings. The van der Waals surface area contributed by atoms with Crippen LogP contribution in [0.4, 0.5) is 20.2 Å². The van der Waals surface area contributed by atoms with E-state index in [4.69, 9.17) is 5.73 Å². The first-order valence-corrected chi connectivity index (χ1v) is 9.22. The molecule has 0 unspecified atom stereocenters. The monoisotopic (exact) mass is 435 g/mol. The fourth-order valence-electron chi connectivity index (χ4n) is 3.13. The zero-order chi connectivity index (χ0) is 22.8. The number of hydrogen-bond donors (Lipinski definition) is 3. The molecule has 0 aliphatic carbocycles. The van der Waals surface area contributed by atoms with Gasteiger partial charge in [-0.2, -0.15) is 5.10 Å². The molecule has 10 heteroatoms. The van der Waals surface area contributed by atoms with Crippen molar-refractivity contribution in [1.29, 1.82) is 0 Å². The van der Waals surface area contributed by atoms with Crippen molar-refractivity contribution in [2.75, 3.05) is 11.2 Å².